The largest absolute Gasteiger partial charge is 0.406 e. The van der Waals surface area contributed by atoms with Crippen molar-refractivity contribution in [3.8, 4) is 5.75 Å². The summed E-state index contributed by atoms with van der Waals surface area (Å²) >= 11 is 0. The topological polar surface area (TPSA) is 55.6 Å². The molecule has 0 radical (unpaired) electrons. The SMILES string of the molecule is Cl.O=[N+]([O-])c1ccc(ON2CCCCC2)cc1F. The molecule has 0 aromatic heterocycles. The van der Waals surface area contributed by atoms with Gasteiger partial charge in [-0.25, -0.2) is 0 Å². The second kappa shape index (κ2) is 6.51. The van der Waals surface area contributed by atoms with E-state index < -0.39 is 16.4 Å². The summed E-state index contributed by atoms with van der Waals surface area (Å²) in [5.41, 5.74) is -0.531. The lowest BCUT2D eigenvalue weighted by Gasteiger charge is -2.25. The van der Waals surface area contributed by atoms with Gasteiger partial charge in [0.2, 0.25) is 5.82 Å². The number of hydrogen-bond acceptors (Lipinski definition) is 4. The van der Waals surface area contributed by atoms with E-state index in [0.29, 0.717) is 5.75 Å². The summed E-state index contributed by atoms with van der Waals surface area (Å²) in [6.45, 7) is 1.61. The maximum Gasteiger partial charge on any atom is 0.305 e. The molecule has 0 bridgehead atoms. The van der Waals surface area contributed by atoms with Crippen LogP contribution in [0.4, 0.5) is 10.1 Å². The van der Waals surface area contributed by atoms with Gasteiger partial charge in [-0.15, -0.1) is 17.5 Å². The van der Waals surface area contributed by atoms with Crippen LogP contribution < -0.4 is 4.84 Å². The van der Waals surface area contributed by atoms with E-state index in [4.69, 9.17) is 4.84 Å². The van der Waals surface area contributed by atoms with E-state index in [0.717, 1.165) is 38.1 Å². The average molecular weight is 277 g/mol. The van der Waals surface area contributed by atoms with E-state index in [-0.39, 0.29) is 12.4 Å². The van der Waals surface area contributed by atoms with Gasteiger partial charge in [0.05, 0.1) is 4.92 Å². The van der Waals surface area contributed by atoms with Crippen LogP contribution in [-0.4, -0.2) is 23.1 Å². The number of hydroxylamine groups is 2. The summed E-state index contributed by atoms with van der Waals surface area (Å²) in [5, 5.41) is 12.2. The van der Waals surface area contributed by atoms with Crippen molar-refractivity contribution < 1.29 is 14.2 Å². The predicted octanol–water partition coefficient (Wildman–Crippen LogP) is 2.94. The van der Waals surface area contributed by atoms with Gasteiger partial charge in [0.15, 0.2) is 5.75 Å². The van der Waals surface area contributed by atoms with Crippen LogP contribution in [0.25, 0.3) is 0 Å². The van der Waals surface area contributed by atoms with Crippen LogP contribution in [0.3, 0.4) is 0 Å². The quantitative estimate of drug-likeness (QED) is 0.629. The first-order valence-electron chi connectivity index (χ1n) is 5.53. The van der Waals surface area contributed by atoms with Crippen LogP contribution >= 0.6 is 12.4 Å². The number of nitrogens with zero attached hydrogens (tertiary/aromatic N) is 2. The Kier molecular flexibility index (Phi) is 5.30. The highest BCUT2D eigenvalue weighted by Crippen LogP contribution is 2.23. The molecule has 0 spiro atoms. The fourth-order valence-corrected chi connectivity index (χ4v) is 1.80. The van der Waals surface area contributed by atoms with E-state index in [9.17, 15) is 14.5 Å². The molecule has 1 aliphatic heterocycles. The van der Waals surface area contributed by atoms with Crippen molar-refractivity contribution in [3.63, 3.8) is 0 Å². The van der Waals surface area contributed by atoms with Crippen molar-refractivity contribution in [2.75, 3.05) is 13.1 Å². The Morgan fingerprint density at radius 2 is 1.94 bits per heavy atom. The molecule has 1 aromatic rings. The molecule has 7 heteroatoms. The highest BCUT2D eigenvalue weighted by Gasteiger charge is 2.16. The van der Waals surface area contributed by atoms with Gasteiger partial charge in [-0.2, -0.15) is 4.39 Å². The standard InChI is InChI=1S/C11H13FN2O3.ClH/c12-10-8-9(4-5-11(10)14(15)16)17-13-6-2-1-3-7-13;/h4-5,8H,1-3,6-7H2;1H. The Labute approximate surface area is 110 Å². The Balaban J connectivity index is 0.00000162. The average Bonchev–Trinajstić information content (AvgIpc) is 2.30. The summed E-state index contributed by atoms with van der Waals surface area (Å²) in [6, 6.07) is 3.58. The summed E-state index contributed by atoms with van der Waals surface area (Å²) < 4.78 is 13.3. The number of halogens is 2. The molecule has 1 heterocycles. The van der Waals surface area contributed by atoms with Crippen molar-refractivity contribution in [2.24, 2.45) is 0 Å². The number of rotatable bonds is 3. The van der Waals surface area contributed by atoms with Crippen LogP contribution in [0, 0.1) is 15.9 Å². The molecule has 1 fully saturated rings. The Bertz CT molecular complexity index is 425. The molecule has 2 rings (SSSR count). The first-order chi connectivity index (χ1) is 8.16. The molecule has 5 nitrogen and oxygen atoms in total. The van der Waals surface area contributed by atoms with Gasteiger partial charge in [-0.3, -0.25) is 10.1 Å². The normalized spacial score (nSPS) is 15.8. The number of hydrogen-bond donors (Lipinski definition) is 0. The van der Waals surface area contributed by atoms with E-state index in [1.165, 1.54) is 12.5 Å². The van der Waals surface area contributed by atoms with E-state index in [2.05, 4.69) is 0 Å². The zero-order chi connectivity index (χ0) is 12.3. The fourth-order valence-electron chi connectivity index (χ4n) is 1.80. The molecule has 0 amide bonds. The van der Waals surface area contributed by atoms with Gasteiger partial charge in [0, 0.05) is 25.2 Å². The molecular formula is C11H14ClFN2O3. The number of benzene rings is 1. The van der Waals surface area contributed by atoms with E-state index >= 15 is 0 Å². The zero-order valence-corrected chi connectivity index (χ0v) is 10.5. The number of piperidine rings is 1. The third-order valence-electron chi connectivity index (χ3n) is 2.67. The number of nitro benzene ring substituents is 1. The van der Waals surface area contributed by atoms with Crippen LogP contribution in [0.1, 0.15) is 19.3 Å². The zero-order valence-electron chi connectivity index (χ0n) is 9.67. The van der Waals surface area contributed by atoms with Gasteiger partial charge in [-0.05, 0) is 18.9 Å². The molecular weight excluding hydrogens is 263 g/mol. The lowest BCUT2D eigenvalue weighted by atomic mass is 10.2. The highest BCUT2D eigenvalue weighted by atomic mass is 35.5. The smallest absolute Gasteiger partial charge is 0.305 e. The van der Waals surface area contributed by atoms with Crippen LogP contribution in [0.2, 0.25) is 0 Å². The van der Waals surface area contributed by atoms with E-state index in [1.54, 1.807) is 5.06 Å². The van der Waals surface area contributed by atoms with E-state index in [1.807, 2.05) is 0 Å². The van der Waals surface area contributed by atoms with Crippen LogP contribution in [0.5, 0.6) is 5.75 Å². The Morgan fingerprint density at radius 3 is 2.50 bits per heavy atom. The molecule has 1 aromatic carbocycles. The number of nitro groups is 1. The molecule has 0 saturated carbocycles. The molecule has 1 saturated heterocycles. The molecule has 100 valence electrons. The van der Waals surface area contributed by atoms with Crippen molar-refractivity contribution >= 4 is 18.1 Å². The van der Waals surface area contributed by atoms with Crippen molar-refractivity contribution in [2.45, 2.75) is 19.3 Å². The maximum absolute atomic E-state index is 13.3. The third kappa shape index (κ3) is 3.54. The molecule has 1 aliphatic rings. The van der Waals surface area contributed by atoms with Gasteiger partial charge in [0.25, 0.3) is 0 Å². The van der Waals surface area contributed by atoms with Gasteiger partial charge >= 0.3 is 5.69 Å². The third-order valence-corrected chi connectivity index (χ3v) is 2.67. The minimum absolute atomic E-state index is 0. The van der Waals surface area contributed by atoms with Crippen molar-refractivity contribution in [1.82, 2.24) is 5.06 Å². The molecule has 0 atom stereocenters. The Hall–Kier alpha value is -1.40. The predicted molar refractivity (Wildman–Crippen MR) is 66.4 cm³/mol. The Morgan fingerprint density at radius 1 is 1.28 bits per heavy atom. The second-order valence-electron chi connectivity index (χ2n) is 3.95. The fraction of sp³-hybridized carbons (Fsp3) is 0.455. The lowest BCUT2D eigenvalue weighted by Crippen LogP contribution is -2.32. The minimum Gasteiger partial charge on any atom is -0.406 e. The first-order valence-corrected chi connectivity index (χ1v) is 5.53. The second-order valence-corrected chi connectivity index (χ2v) is 3.95. The highest BCUT2D eigenvalue weighted by molar-refractivity contribution is 5.85. The molecule has 0 aliphatic carbocycles. The summed E-state index contributed by atoms with van der Waals surface area (Å²) in [5.74, 6) is -0.570. The summed E-state index contributed by atoms with van der Waals surface area (Å²) in [4.78, 5) is 15.1. The van der Waals surface area contributed by atoms with Gasteiger partial charge in [-0.1, -0.05) is 6.42 Å². The van der Waals surface area contributed by atoms with Crippen LogP contribution in [-0.2, 0) is 0 Å². The van der Waals surface area contributed by atoms with Crippen LogP contribution in [0.15, 0.2) is 18.2 Å². The lowest BCUT2D eigenvalue weighted by molar-refractivity contribution is -0.387. The summed E-state index contributed by atoms with van der Waals surface area (Å²) in [7, 11) is 0. The minimum atomic E-state index is -0.871. The molecule has 0 N–H and O–H groups in total. The van der Waals surface area contributed by atoms with Crippen molar-refractivity contribution in [3.05, 3.63) is 34.1 Å². The maximum atomic E-state index is 13.3. The van der Waals surface area contributed by atoms with Crippen molar-refractivity contribution in [1.29, 1.82) is 0 Å². The monoisotopic (exact) mass is 276 g/mol. The first kappa shape index (κ1) is 14.7. The summed E-state index contributed by atoms with van der Waals surface area (Å²) in [6.07, 6.45) is 3.28. The molecule has 0 unspecified atom stereocenters. The van der Waals surface area contributed by atoms with Gasteiger partial charge in [0.1, 0.15) is 0 Å². The molecule has 18 heavy (non-hydrogen) atoms. The van der Waals surface area contributed by atoms with Gasteiger partial charge < -0.3 is 4.84 Å².